The van der Waals surface area contributed by atoms with E-state index in [0.717, 1.165) is 24.0 Å². The first kappa shape index (κ1) is 18.8. The van der Waals surface area contributed by atoms with Crippen molar-refractivity contribution < 1.29 is 19.2 Å². The van der Waals surface area contributed by atoms with Crippen LogP contribution in [-0.2, 0) is 22.7 Å². The van der Waals surface area contributed by atoms with Crippen LogP contribution in [-0.4, -0.2) is 61.4 Å². The number of hydrogen-bond acceptors (Lipinski definition) is 5. The summed E-state index contributed by atoms with van der Waals surface area (Å²) < 4.78 is 0. The number of aldehydes is 2. The van der Waals surface area contributed by atoms with Crippen molar-refractivity contribution in [2.45, 2.75) is 32.0 Å². The van der Waals surface area contributed by atoms with Crippen LogP contribution in [0.5, 0.6) is 0 Å². The van der Waals surface area contributed by atoms with Crippen LogP contribution in [0.4, 0.5) is 0 Å². The Bertz CT molecular complexity index is 702. The fourth-order valence-corrected chi connectivity index (χ4v) is 3.15. The normalized spacial score (nSPS) is 14.5. The van der Waals surface area contributed by atoms with E-state index in [9.17, 15) is 19.2 Å². The Morgan fingerprint density at radius 2 is 1.92 bits per heavy atom. The molecule has 1 atom stereocenters. The molecule has 134 valence electrons. The Morgan fingerprint density at radius 3 is 2.48 bits per heavy atom. The van der Waals surface area contributed by atoms with E-state index in [4.69, 9.17) is 0 Å². The van der Waals surface area contributed by atoms with E-state index < -0.39 is 11.9 Å². The minimum atomic E-state index is -0.766. The van der Waals surface area contributed by atoms with Crippen LogP contribution >= 0.6 is 0 Å². The summed E-state index contributed by atoms with van der Waals surface area (Å²) in [5.74, 6) is -0.745. The molecule has 0 aliphatic carbocycles. The lowest BCUT2D eigenvalue weighted by molar-refractivity contribution is -0.125. The first-order valence-electron chi connectivity index (χ1n) is 8.14. The van der Waals surface area contributed by atoms with Gasteiger partial charge in [-0.2, -0.15) is 0 Å². The Labute approximate surface area is 147 Å². The summed E-state index contributed by atoms with van der Waals surface area (Å²) in [5, 5.41) is 2.51. The minimum absolute atomic E-state index is 0.172. The standard InChI is InChI=1S/C18H23N3O4/c1-19-17(24)16(5-4-6-22)21(3)18(25)15-8-13-10-20(2)9-12(13)7-14(15)11-23/h6-8,11,16H,4-5,9-10H2,1-3H3,(H,19,24). The summed E-state index contributed by atoms with van der Waals surface area (Å²) in [4.78, 5) is 50.5. The van der Waals surface area contributed by atoms with Crippen LogP contribution in [0.15, 0.2) is 12.1 Å². The molecule has 1 aromatic rings. The zero-order valence-corrected chi connectivity index (χ0v) is 14.7. The average molecular weight is 345 g/mol. The molecule has 2 amide bonds. The SMILES string of the molecule is CNC(=O)C(CCC=O)N(C)C(=O)c1cc2c(cc1C=O)CN(C)C2. The molecule has 0 aromatic heterocycles. The maximum absolute atomic E-state index is 12.9. The maximum atomic E-state index is 12.9. The Morgan fingerprint density at radius 1 is 1.28 bits per heavy atom. The van der Waals surface area contributed by atoms with Gasteiger partial charge in [-0.05, 0) is 36.7 Å². The number of amides is 2. The van der Waals surface area contributed by atoms with Gasteiger partial charge in [-0.15, -0.1) is 0 Å². The van der Waals surface area contributed by atoms with Crippen molar-refractivity contribution in [1.29, 1.82) is 0 Å². The summed E-state index contributed by atoms with van der Waals surface area (Å²) in [6.45, 7) is 1.45. The molecule has 2 rings (SSSR count). The second kappa shape index (κ2) is 8.02. The zero-order valence-electron chi connectivity index (χ0n) is 14.7. The second-order valence-corrected chi connectivity index (χ2v) is 6.29. The Kier molecular flexibility index (Phi) is 6.03. The van der Waals surface area contributed by atoms with Gasteiger partial charge < -0.3 is 15.0 Å². The third-order valence-corrected chi connectivity index (χ3v) is 4.50. The van der Waals surface area contributed by atoms with Gasteiger partial charge in [-0.1, -0.05) is 0 Å². The molecule has 0 saturated heterocycles. The molecule has 0 radical (unpaired) electrons. The monoisotopic (exact) mass is 345 g/mol. The van der Waals surface area contributed by atoms with Gasteiger partial charge >= 0.3 is 0 Å². The van der Waals surface area contributed by atoms with Crippen molar-refractivity contribution in [2.75, 3.05) is 21.1 Å². The van der Waals surface area contributed by atoms with E-state index >= 15 is 0 Å². The van der Waals surface area contributed by atoms with Gasteiger partial charge in [-0.3, -0.25) is 19.3 Å². The van der Waals surface area contributed by atoms with Crippen LogP contribution in [0.1, 0.15) is 44.7 Å². The van der Waals surface area contributed by atoms with Gasteiger partial charge in [0.05, 0.1) is 5.56 Å². The predicted molar refractivity (Wildman–Crippen MR) is 92.2 cm³/mol. The lowest BCUT2D eigenvalue weighted by atomic mass is 9.99. The lowest BCUT2D eigenvalue weighted by Crippen LogP contribution is -2.47. The first-order valence-corrected chi connectivity index (χ1v) is 8.14. The number of nitrogens with zero attached hydrogens (tertiary/aromatic N) is 2. The lowest BCUT2D eigenvalue weighted by Gasteiger charge is -2.27. The van der Waals surface area contributed by atoms with Crippen LogP contribution < -0.4 is 5.32 Å². The van der Waals surface area contributed by atoms with Gasteiger partial charge in [0.1, 0.15) is 12.3 Å². The number of benzene rings is 1. The molecule has 1 N–H and O–H groups in total. The molecule has 0 fully saturated rings. The van der Waals surface area contributed by atoms with Gasteiger partial charge in [0, 0.05) is 39.2 Å². The summed E-state index contributed by atoms with van der Waals surface area (Å²) in [6, 6.07) is 2.72. The topological polar surface area (TPSA) is 86.8 Å². The largest absolute Gasteiger partial charge is 0.357 e. The molecular weight excluding hydrogens is 322 g/mol. The summed E-state index contributed by atoms with van der Waals surface area (Å²) in [7, 11) is 4.97. The molecule has 7 nitrogen and oxygen atoms in total. The molecule has 1 aliphatic rings. The highest BCUT2D eigenvalue weighted by atomic mass is 16.2. The van der Waals surface area contributed by atoms with Crippen LogP contribution in [0.2, 0.25) is 0 Å². The number of fused-ring (bicyclic) bond motifs is 1. The van der Waals surface area contributed by atoms with E-state index in [2.05, 4.69) is 10.2 Å². The number of carbonyl (C=O) groups is 4. The van der Waals surface area contributed by atoms with E-state index in [-0.39, 0.29) is 24.3 Å². The van der Waals surface area contributed by atoms with Crippen molar-refractivity contribution in [1.82, 2.24) is 15.1 Å². The molecule has 1 unspecified atom stereocenters. The van der Waals surface area contributed by atoms with E-state index in [1.165, 1.54) is 19.0 Å². The minimum Gasteiger partial charge on any atom is -0.357 e. The number of hydrogen-bond donors (Lipinski definition) is 1. The summed E-state index contributed by atoms with van der Waals surface area (Å²) in [5.41, 5.74) is 2.64. The van der Waals surface area contributed by atoms with Gasteiger partial charge in [0.15, 0.2) is 6.29 Å². The zero-order chi connectivity index (χ0) is 18.6. The van der Waals surface area contributed by atoms with Gasteiger partial charge in [0.2, 0.25) is 5.91 Å². The van der Waals surface area contributed by atoms with Crippen molar-refractivity contribution in [3.63, 3.8) is 0 Å². The highest BCUT2D eigenvalue weighted by Gasteiger charge is 2.29. The molecule has 0 bridgehead atoms. The molecule has 1 aromatic carbocycles. The van der Waals surface area contributed by atoms with Gasteiger partial charge in [-0.25, -0.2) is 0 Å². The van der Waals surface area contributed by atoms with E-state index in [1.807, 2.05) is 7.05 Å². The van der Waals surface area contributed by atoms with E-state index in [1.54, 1.807) is 12.1 Å². The Hall–Kier alpha value is -2.54. The fourth-order valence-electron chi connectivity index (χ4n) is 3.15. The van der Waals surface area contributed by atoms with Gasteiger partial charge in [0.25, 0.3) is 5.91 Å². The fraction of sp³-hybridized carbons (Fsp3) is 0.444. The summed E-state index contributed by atoms with van der Waals surface area (Å²) in [6.07, 6.45) is 1.79. The number of likely N-dealkylation sites (N-methyl/N-ethyl adjacent to an activating group) is 2. The molecule has 0 spiro atoms. The average Bonchev–Trinajstić information content (AvgIpc) is 2.98. The molecule has 7 heteroatoms. The van der Waals surface area contributed by atoms with Crippen molar-refractivity contribution in [3.05, 3.63) is 34.4 Å². The second-order valence-electron chi connectivity index (χ2n) is 6.29. The highest BCUT2D eigenvalue weighted by Crippen LogP contribution is 2.26. The van der Waals surface area contributed by atoms with Crippen LogP contribution in [0.25, 0.3) is 0 Å². The molecule has 1 aliphatic heterocycles. The maximum Gasteiger partial charge on any atom is 0.255 e. The van der Waals surface area contributed by atoms with Crippen molar-refractivity contribution >= 4 is 24.4 Å². The molecule has 25 heavy (non-hydrogen) atoms. The van der Waals surface area contributed by atoms with Crippen LogP contribution in [0.3, 0.4) is 0 Å². The smallest absolute Gasteiger partial charge is 0.255 e. The Balaban J connectivity index is 2.34. The van der Waals surface area contributed by atoms with Crippen molar-refractivity contribution in [3.8, 4) is 0 Å². The molecular formula is C18H23N3O4. The quantitative estimate of drug-likeness (QED) is 0.732. The number of carbonyl (C=O) groups excluding carboxylic acids is 4. The predicted octanol–water partition coefficient (Wildman–Crippen LogP) is 0.610. The first-order chi connectivity index (χ1) is 11.9. The third kappa shape index (κ3) is 3.93. The summed E-state index contributed by atoms with van der Waals surface area (Å²) >= 11 is 0. The third-order valence-electron chi connectivity index (χ3n) is 4.50. The van der Waals surface area contributed by atoms with Crippen molar-refractivity contribution in [2.24, 2.45) is 0 Å². The van der Waals surface area contributed by atoms with E-state index in [0.29, 0.717) is 18.4 Å². The molecule has 0 saturated carbocycles. The number of nitrogens with one attached hydrogen (secondary N) is 1. The number of rotatable bonds is 7. The van der Waals surface area contributed by atoms with Crippen LogP contribution in [0, 0.1) is 0 Å². The highest BCUT2D eigenvalue weighted by molar-refractivity contribution is 6.03. The molecule has 1 heterocycles.